The molecule has 1 amide bonds. The van der Waals surface area contributed by atoms with Crippen molar-refractivity contribution in [3.8, 4) is 16.5 Å². The minimum Gasteiger partial charge on any atom is -0.368 e. The second kappa shape index (κ2) is 10.4. The molecule has 2 aromatic rings. The monoisotopic (exact) mass is 591 g/mol. The van der Waals surface area contributed by atoms with Gasteiger partial charge in [-0.3, -0.25) is 13.9 Å². The summed E-state index contributed by atoms with van der Waals surface area (Å²) in [6, 6.07) is 10.3. The molecule has 2 atom stereocenters. The molecule has 1 aromatic heterocycles. The Kier molecular flexibility index (Phi) is 7.22. The van der Waals surface area contributed by atoms with Crippen LogP contribution in [0, 0.1) is 17.2 Å². The highest BCUT2D eigenvalue weighted by Crippen LogP contribution is 2.48. The van der Waals surface area contributed by atoms with Crippen LogP contribution in [0.3, 0.4) is 0 Å². The molecule has 8 nitrogen and oxygen atoms in total. The van der Waals surface area contributed by atoms with Gasteiger partial charge in [-0.25, -0.2) is 13.8 Å². The van der Waals surface area contributed by atoms with Crippen molar-refractivity contribution in [2.24, 2.45) is 5.92 Å². The molecule has 0 bridgehead atoms. The van der Waals surface area contributed by atoms with E-state index in [1.165, 1.54) is 11.3 Å². The van der Waals surface area contributed by atoms with Crippen LogP contribution in [0.15, 0.2) is 24.3 Å². The summed E-state index contributed by atoms with van der Waals surface area (Å²) < 4.78 is 48.2. The number of aromatic nitrogens is 1. The van der Waals surface area contributed by atoms with E-state index < -0.39 is 22.1 Å². The fraction of sp³-hybridized carbons (Fsp3) is 0.607. The molecule has 1 aromatic carbocycles. The number of nitriles is 1. The van der Waals surface area contributed by atoms with E-state index in [9.17, 15) is 27.9 Å². The van der Waals surface area contributed by atoms with Crippen LogP contribution in [-0.2, 0) is 4.79 Å². The van der Waals surface area contributed by atoms with Gasteiger partial charge in [-0.1, -0.05) is 36.3 Å². The average molecular weight is 592 g/mol. The molecule has 6 rings (SSSR count). The second-order valence-electron chi connectivity index (χ2n) is 11.7. The van der Waals surface area contributed by atoms with Gasteiger partial charge < -0.3 is 15.1 Å². The largest absolute Gasteiger partial charge is 0.368 e. The van der Waals surface area contributed by atoms with E-state index in [1.54, 1.807) is 4.90 Å². The molecule has 12 heteroatoms. The summed E-state index contributed by atoms with van der Waals surface area (Å²) in [6.45, 7) is 1.03. The van der Waals surface area contributed by atoms with E-state index in [4.69, 9.17) is 4.98 Å². The summed E-state index contributed by atoms with van der Waals surface area (Å²) in [5, 5.41) is 13.1. The molecule has 216 valence electrons. The number of halogens is 2. The lowest BCUT2D eigenvalue weighted by Gasteiger charge is -2.41. The first-order valence-electron chi connectivity index (χ1n) is 14.0. The maximum Gasteiger partial charge on any atom is 0.267 e. The van der Waals surface area contributed by atoms with Crippen LogP contribution in [-0.4, -0.2) is 69.1 Å². The molecule has 2 saturated heterocycles. The Bertz CT molecular complexity index is 1300. The normalized spacial score (nSPS) is 27.6. The van der Waals surface area contributed by atoms with Crippen LogP contribution >= 0.6 is 21.9 Å². The lowest BCUT2D eigenvalue weighted by molar-refractivity contribution is -0.127. The van der Waals surface area contributed by atoms with Gasteiger partial charge in [-0.15, -0.1) is 0 Å². The van der Waals surface area contributed by atoms with Gasteiger partial charge in [0.25, 0.3) is 5.92 Å². The first-order valence-corrected chi connectivity index (χ1v) is 16.7. The standard InChI is InChI=1S/C28H35F2N5O3S2/c29-28(30)11-12-35(18-28)26-32-23(21-3-1-2-4-22(21)25(36)33-27(17-31)9-10-27)24(39-26)19-5-7-20(8-6-19)34-13-15-40(37,38)16-14-34/h5-8,21-22,37-38H,1-4,9-16,18H2,(H,33,36)/t21-,22-/m1/s1. The van der Waals surface area contributed by atoms with Crippen molar-refractivity contribution < 1.29 is 22.7 Å². The third kappa shape index (κ3) is 5.66. The molecule has 2 aliphatic carbocycles. The Morgan fingerprint density at radius 3 is 2.40 bits per heavy atom. The zero-order valence-corrected chi connectivity index (χ0v) is 24.0. The summed E-state index contributed by atoms with van der Waals surface area (Å²) in [5.41, 5.74) is 1.96. The summed E-state index contributed by atoms with van der Waals surface area (Å²) in [5.74, 6) is -2.61. The molecule has 0 spiro atoms. The molecule has 2 aliphatic heterocycles. The smallest absolute Gasteiger partial charge is 0.267 e. The van der Waals surface area contributed by atoms with Gasteiger partial charge in [0.05, 0.1) is 34.7 Å². The third-order valence-corrected chi connectivity index (χ3v) is 11.6. The number of amides is 1. The van der Waals surface area contributed by atoms with E-state index in [1.807, 2.05) is 24.3 Å². The number of thiazole rings is 1. The molecule has 4 fully saturated rings. The first kappa shape index (κ1) is 27.7. The maximum atomic E-state index is 14.1. The Balaban J connectivity index is 1.31. The fourth-order valence-corrected chi connectivity index (χ4v) is 8.51. The minimum absolute atomic E-state index is 0.108. The number of rotatable bonds is 6. The number of nitrogens with zero attached hydrogens (tertiary/aromatic N) is 4. The van der Waals surface area contributed by atoms with Gasteiger partial charge in [-0.2, -0.15) is 15.9 Å². The number of hydrogen-bond donors (Lipinski definition) is 3. The number of anilines is 2. The van der Waals surface area contributed by atoms with E-state index in [0.29, 0.717) is 49.0 Å². The number of carbonyl (C=O) groups excluding carboxylic acids is 1. The molecule has 3 heterocycles. The second-order valence-corrected chi connectivity index (χ2v) is 15.1. The predicted molar refractivity (Wildman–Crippen MR) is 155 cm³/mol. The Labute approximate surface area is 238 Å². The molecule has 2 saturated carbocycles. The van der Waals surface area contributed by atoms with Gasteiger partial charge in [0.15, 0.2) is 5.13 Å². The van der Waals surface area contributed by atoms with Crippen molar-refractivity contribution in [2.75, 3.05) is 47.5 Å². The van der Waals surface area contributed by atoms with E-state index in [0.717, 1.165) is 41.1 Å². The molecule has 0 unspecified atom stereocenters. The number of hydrogen-bond acceptors (Lipinski definition) is 8. The lowest BCUT2D eigenvalue weighted by Crippen LogP contribution is -2.42. The molecule has 3 N–H and O–H groups in total. The van der Waals surface area contributed by atoms with Gasteiger partial charge in [0.2, 0.25) is 5.91 Å². The third-order valence-electron chi connectivity index (χ3n) is 8.73. The van der Waals surface area contributed by atoms with Crippen LogP contribution in [0.1, 0.15) is 56.6 Å². The van der Waals surface area contributed by atoms with Crippen LogP contribution in [0.2, 0.25) is 0 Å². The summed E-state index contributed by atoms with van der Waals surface area (Å²) >= 11 is 1.41. The van der Waals surface area contributed by atoms with Crippen molar-refractivity contribution in [1.82, 2.24) is 10.3 Å². The molecular formula is C28H35F2N5O3S2. The quantitative estimate of drug-likeness (QED) is 0.397. The zero-order valence-electron chi connectivity index (χ0n) is 22.3. The SMILES string of the molecule is N#CC1(NC(=O)[C@@H]2CCCC[C@H]2c2nc(N3CCC(F)(F)C3)sc2-c2ccc(N3CCS(O)(O)CC3)cc2)CC1. The summed E-state index contributed by atoms with van der Waals surface area (Å²) in [6.07, 6.45) is 4.51. The highest BCUT2D eigenvalue weighted by Gasteiger charge is 2.47. The number of nitrogens with one attached hydrogen (secondary N) is 1. The van der Waals surface area contributed by atoms with Gasteiger partial charge in [0, 0.05) is 43.6 Å². The maximum absolute atomic E-state index is 14.1. The Morgan fingerprint density at radius 2 is 1.77 bits per heavy atom. The highest BCUT2D eigenvalue weighted by atomic mass is 32.3. The van der Waals surface area contributed by atoms with Crippen molar-refractivity contribution >= 4 is 38.7 Å². The predicted octanol–water partition coefficient (Wildman–Crippen LogP) is 5.67. The van der Waals surface area contributed by atoms with Crippen molar-refractivity contribution in [3.05, 3.63) is 30.0 Å². The van der Waals surface area contributed by atoms with E-state index in [-0.39, 0.29) is 37.3 Å². The van der Waals surface area contributed by atoms with Crippen LogP contribution in [0.25, 0.3) is 10.4 Å². The van der Waals surface area contributed by atoms with Gasteiger partial charge in [-0.05, 0) is 43.4 Å². The highest BCUT2D eigenvalue weighted by molar-refractivity contribution is 8.24. The molecule has 4 aliphatic rings. The van der Waals surface area contributed by atoms with Crippen molar-refractivity contribution in [2.45, 2.75) is 62.3 Å². The van der Waals surface area contributed by atoms with Crippen LogP contribution in [0.4, 0.5) is 19.6 Å². The average Bonchev–Trinajstić information content (AvgIpc) is 3.41. The van der Waals surface area contributed by atoms with E-state index in [2.05, 4.69) is 16.3 Å². The lowest BCUT2D eigenvalue weighted by atomic mass is 9.76. The molecule has 40 heavy (non-hydrogen) atoms. The number of carbonyl (C=O) groups is 1. The van der Waals surface area contributed by atoms with Crippen LogP contribution < -0.4 is 15.1 Å². The first-order chi connectivity index (χ1) is 19.1. The topological polar surface area (TPSA) is 113 Å². The molecular weight excluding hydrogens is 556 g/mol. The van der Waals surface area contributed by atoms with E-state index >= 15 is 0 Å². The van der Waals surface area contributed by atoms with Crippen LogP contribution in [0.5, 0.6) is 0 Å². The van der Waals surface area contributed by atoms with Gasteiger partial charge in [0.1, 0.15) is 5.54 Å². The fourth-order valence-electron chi connectivity index (χ4n) is 6.11. The minimum atomic E-state index is -2.74. The number of benzene rings is 1. The zero-order chi connectivity index (χ0) is 28.1. The van der Waals surface area contributed by atoms with Gasteiger partial charge >= 0.3 is 0 Å². The molecule has 0 radical (unpaired) electrons. The Morgan fingerprint density at radius 1 is 1.07 bits per heavy atom. The Hall–Kier alpha value is -2.46. The number of alkyl halides is 2. The summed E-state index contributed by atoms with van der Waals surface area (Å²) in [7, 11) is -2.49. The van der Waals surface area contributed by atoms with Crippen molar-refractivity contribution in [3.63, 3.8) is 0 Å². The van der Waals surface area contributed by atoms with Crippen molar-refractivity contribution in [1.29, 1.82) is 5.26 Å². The summed E-state index contributed by atoms with van der Waals surface area (Å²) in [4.78, 5) is 23.1.